The van der Waals surface area contributed by atoms with Crippen molar-refractivity contribution in [3.8, 4) is 5.75 Å². The van der Waals surface area contributed by atoms with Crippen LogP contribution in [0.4, 0.5) is 11.4 Å². The summed E-state index contributed by atoms with van der Waals surface area (Å²) in [5.74, 6) is -1.74. The van der Waals surface area contributed by atoms with Gasteiger partial charge in [-0.25, -0.2) is 4.90 Å². The molecule has 1 fully saturated rings. The van der Waals surface area contributed by atoms with Gasteiger partial charge in [-0.1, -0.05) is 46.9 Å². The highest BCUT2D eigenvalue weighted by Crippen LogP contribution is 2.53. The Labute approximate surface area is 237 Å². The summed E-state index contributed by atoms with van der Waals surface area (Å²) >= 11 is 2.18. The molecule has 2 aromatic heterocycles. The minimum Gasteiger partial charge on any atom is -0.497 e. The van der Waals surface area contributed by atoms with Crippen LogP contribution < -0.4 is 19.8 Å². The Bertz CT molecular complexity index is 1670. The van der Waals surface area contributed by atoms with E-state index in [4.69, 9.17) is 4.74 Å². The number of hydrogen-bond donors (Lipinski definition) is 1. The van der Waals surface area contributed by atoms with Crippen LogP contribution in [0.3, 0.4) is 0 Å². The number of nitrogens with one attached hydrogen (secondary N) is 1. The molecule has 1 N–H and O–H groups in total. The van der Waals surface area contributed by atoms with Gasteiger partial charge >= 0.3 is 4.87 Å². The van der Waals surface area contributed by atoms with Gasteiger partial charge in [0, 0.05) is 28.9 Å². The number of carbonyl (C=O) groups excluding carboxylic acids is 3. The molecule has 3 amide bonds. The Hall–Kier alpha value is -4.22. The number of benzene rings is 2. The number of amides is 3. The number of imide groups is 1. The number of hydrogen-bond acceptors (Lipinski definition) is 8. The molecule has 2 aromatic carbocycles. The van der Waals surface area contributed by atoms with Crippen molar-refractivity contribution >= 4 is 52.2 Å². The summed E-state index contributed by atoms with van der Waals surface area (Å²) in [7, 11) is 1.55. The number of fused-ring (bicyclic) bond motifs is 2. The third kappa shape index (κ3) is 4.50. The molecular formula is C29H24N4O5S2. The third-order valence-electron chi connectivity index (χ3n) is 7.06. The molecule has 1 saturated heterocycles. The van der Waals surface area contributed by atoms with E-state index in [0.29, 0.717) is 27.0 Å². The van der Waals surface area contributed by atoms with Gasteiger partial charge in [0.1, 0.15) is 17.5 Å². The van der Waals surface area contributed by atoms with Crippen LogP contribution in [0.25, 0.3) is 0 Å². The largest absolute Gasteiger partial charge is 0.497 e. The van der Waals surface area contributed by atoms with Gasteiger partial charge in [-0.15, -0.1) is 0 Å². The average molecular weight is 573 g/mol. The SMILES string of the molecule is COc1ccc(N2C(=O)C3Sc4c(sc(=O)n4CC(=O)Nc4ccc(C)cc4)[C@H](c4cccnc4)C3C2=O)cc1. The predicted octanol–water partition coefficient (Wildman–Crippen LogP) is 4.06. The predicted molar refractivity (Wildman–Crippen MR) is 153 cm³/mol. The van der Waals surface area contributed by atoms with E-state index in [9.17, 15) is 19.2 Å². The van der Waals surface area contributed by atoms with E-state index >= 15 is 0 Å². The van der Waals surface area contributed by atoms with Gasteiger partial charge in [-0.05, 0) is 55.0 Å². The molecule has 0 spiro atoms. The van der Waals surface area contributed by atoms with Crippen LogP contribution in [0.15, 0.2) is 82.9 Å². The Morgan fingerprint density at radius 2 is 1.77 bits per heavy atom. The zero-order valence-electron chi connectivity index (χ0n) is 21.6. The molecular weight excluding hydrogens is 548 g/mol. The number of ether oxygens (including phenoxy) is 1. The molecule has 11 heteroatoms. The van der Waals surface area contributed by atoms with Crippen molar-refractivity contribution in [1.29, 1.82) is 0 Å². The van der Waals surface area contributed by atoms with Crippen molar-refractivity contribution in [2.24, 2.45) is 5.92 Å². The molecule has 0 radical (unpaired) electrons. The van der Waals surface area contributed by atoms with Crippen molar-refractivity contribution in [2.45, 2.75) is 29.7 Å². The number of aromatic nitrogens is 2. The number of thioether (sulfide) groups is 1. The monoisotopic (exact) mass is 572 g/mol. The maximum absolute atomic E-state index is 13.9. The van der Waals surface area contributed by atoms with E-state index in [1.54, 1.807) is 62.0 Å². The van der Waals surface area contributed by atoms with Crippen molar-refractivity contribution < 1.29 is 19.1 Å². The molecule has 0 bridgehead atoms. The number of rotatable bonds is 6. The summed E-state index contributed by atoms with van der Waals surface area (Å²) in [6.07, 6.45) is 3.29. The van der Waals surface area contributed by atoms with E-state index in [1.807, 2.05) is 25.1 Å². The molecule has 3 atom stereocenters. The van der Waals surface area contributed by atoms with Gasteiger partial charge in [-0.3, -0.25) is 28.7 Å². The van der Waals surface area contributed by atoms with Crippen LogP contribution in [-0.2, 0) is 20.9 Å². The number of methoxy groups -OCH3 is 1. The van der Waals surface area contributed by atoms with E-state index in [2.05, 4.69) is 10.3 Å². The first-order chi connectivity index (χ1) is 19.4. The first-order valence-electron chi connectivity index (χ1n) is 12.5. The Morgan fingerprint density at radius 3 is 2.45 bits per heavy atom. The van der Waals surface area contributed by atoms with Crippen LogP contribution in [0.5, 0.6) is 5.75 Å². The maximum Gasteiger partial charge on any atom is 0.308 e. The Balaban J connectivity index is 1.38. The van der Waals surface area contributed by atoms with Gasteiger partial charge in [-0.2, -0.15) is 0 Å². The fraction of sp³-hybridized carbons (Fsp3) is 0.207. The molecule has 40 heavy (non-hydrogen) atoms. The lowest BCUT2D eigenvalue weighted by atomic mass is 9.84. The number of nitrogens with zero attached hydrogens (tertiary/aromatic N) is 3. The topological polar surface area (TPSA) is 111 Å². The third-order valence-corrected chi connectivity index (χ3v) is 9.66. The van der Waals surface area contributed by atoms with Crippen molar-refractivity contribution in [3.63, 3.8) is 0 Å². The highest BCUT2D eigenvalue weighted by molar-refractivity contribution is 8.00. The Morgan fingerprint density at radius 1 is 1.02 bits per heavy atom. The van der Waals surface area contributed by atoms with Crippen molar-refractivity contribution in [2.75, 3.05) is 17.3 Å². The summed E-state index contributed by atoms with van der Waals surface area (Å²) in [6.45, 7) is 1.74. The van der Waals surface area contributed by atoms with E-state index in [1.165, 1.54) is 21.2 Å². The van der Waals surface area contributed by atoms with Gasteiger partial charge in [0.05, 0.1) is 23.7 Å². The van der Waals surface area contributed by atoms with E-state index in [-0.39, 0.29) is 29.1 Å². The average Bonchev–Trinajstić information content (AvgIpc) is 3.41. The standard InChI is InChI=1S/C29H24N4O5S2/c1-16-5-7-18(8-6-16)31-21(34)15-32-28-25(40-29(32)37)22(17-4-3-13-30-14-17)23-24(39-28)27(36)33(26(23)35)19-9-11-20(38-2)12-10-19/h3-14,22-24H,15H2,1-2H3,(H,31,34)/t22-,23?,24?/m1/s1. The van der Waals surface area contributed by atoms with Crippen LogP contribution in [0.1, 0.15) is 21.9 Å². The highest BCUT2D eigenvalue weighted by Gasteiger charge is 2.56. The lowest BCUT2D eigenvalue weighted by Crippen LogP contribution is -2.33. The first-order valence-corrected chi connectivity index (χ1v) is 14.2. The second-order valence-electron chi connectivity index (χ2n) is 9.58. The smallest absolute Gasteiger partial charge is 0.308 e. The normalized spacial score (nSPS) is 19.8. The first kappa shape index (κ1) is 26.0. The molecule has 4 heterocycles. The summed E-state index contributed by atoms with van der Waals surface area (Å²) in [4.78, 5) is 59.6. The molecule has 2 unspecified atom stereocenters. The minimum atomic E-state index is -0.771. The van der Waals surface area contributed by atoms with Crippen molar-refractivity contribution in [3.05, 3.63) is 98.7 Å². The summed E-state index contributed by atoms with van der Waals surface area (Å²) in [5.41, 5.74) is 2.87. The molecule has 0 saturated carbocycles. The second kappa shape index (κ2) is 10.4. The molecule has 0 aliphatic carbocycles. The van der Waals surface area contributed by atoms with Crippen molar-refractivity contribution in [1.82, 2.24) is 9.55 Å². The lowest BCUT2D eigenvalue weighted by Gasteiger charge is -2.30. The molecule has 202 valence electrons. The van der Waals surface area contributed by atoms with E-state index < -0.39 is 17.1 Å². The summed E-state index contributed by atoms with van der Waals surface area (Å²) in [6, 6.07) is 17.7. The molecule has 9 nitrogen and oxygen atoms in total. The number of carbonyl (C=O) groups is 3. The molecule has 2 aliphatic rings. The van der Waals surface area contributed by atoms with Gasteiger partial charge in [0.25, 0.3) is 0 Å². The van der Waals surface area contributed by atoms with Gasteiger partial charge < -0.3 is 10.1 Å². The minimum absolute atomic E-state index is 0.215. The Kier molecular flexibility index (Phi) is 6.77. The fourth-order valence-electron chi connectivity index (χ4n) is 5.14. The second-order valence-corrected chi connectivity index (χ2v) is 11.7. The van der Waals surface area contributed by atoms with Crippen LogP contribution in [0, 0.1) is 12.8 Å². The highest BCUT2D eigenvalue weighted by atomic mass is 32.2. The van der Waals surface area contributed by atoms with Crippen LogP contribution >= 0.6 is 23.1 Å². The number of anilines is 2. The van der Waals surface area contributed by atoms with Gasteiger partial charge in [0.15, 0.2) is 0 Å². The zero-order valence-corrected chi connectivity index (χ0v) is 23.2. The quantitative estimate of drug-likeness (QED) is 0.347. The lowest BCUT2D eigenvalue weighted by molar-refractivity contribution is -0.122. The summed E-state index contributed by atoms with van der Waals surface area (Å²) < 4.78 is 6.63. The maximum atomic E-state index is 13.9. The number of pyridine rings is 1. The molecule has 2 aliphatic heterocycles. The zero-order chi connectivity index (χ0) is 28.0. The molecule has 4 aromatic rings. The summed E-state index contributed by atoms with van der Waals surface area (Å²) in [5, 5.41) is 2.59. The number of aryl methyl sites for hydroxylation is 1. The number of thiazole rings is 1. The fourth-order valence-corrected chi connectivity index (χ4v) is 7.91. The molecule has 6 rings (SSSR count). The van der Waals surface area contributed by atoms with E-state index in [0.717, 1.165) is 22.5 Å². The van der Waals surface area contributed by atoms with Gasteiger partial charge in [0.2, 0.25) is 17.7 Å². The van der Waals surface area contributed by atoms with Crippen LogP contribution in [0.2, 0.25) is 0 Å². The van der Waals surface area contributed by atoms with Crippen LogP contribution in [-0.4, -0.2) is 39.6 Å².